The van der Waals surface area contributed by atoms with E-state index in [9.17, 15) is 14.7 Å². The second-order valence-corrected chi connectivity index (χ2v) is 10.9. The zero-order valence-electron chi connectivity index (χ0n) is 22.2. The van der Waals surface area contributed by atoms with Crippen LogP contribution >= 0.6 is 0 Å². The molecule has 10 nitrogen and oxygen atoms in total. The Morgan fingerprint density at radius 2 is 2.03 bits per heavy atom. The fraction of sp³-hybridized carbons (Fsp3) is 0.481. The van der Waals surface area contributed by atoms with Crippen molar-refractivity contribution in [2.45, 2.75) is 58.8 Å². The summed E-state index contributed by atoms with van der Waals surface area (Å²) in [5.41, 5.74) is 1.53. The fourth-order valence-electron chi connectivity index (χ4n) is 4.93. The monoisotopic (exact) mass is 509 g/mol. The second kappa shape index (κ2) is 10.1. The summed E-state index contributed by atoms with van der Waals surface area (Å²) in [5.74, 6) is -0.699. The Morgan fingerprint density at radius 1 is 1.27 bits per heavy atom. The molecule has 3 aromatic rings. The van der Waals surface area contributed by atoms with E-state index < -0.39 is 11.6 Å². The van der Waals surface area contributed by atoms with E-state index >= 15 is 0 Å². The van der Waals surface area contributed by atoms with Crippen molar-refractivity contribution in [2.24, 2.45) is 5.41 Å². The van der Waals surface area contributed by atoms with Crippen LogP contribution in [-0.2, 0) is 14.3 Å². The van der Waals surface area contributed by atoms with Gasteiger partial charge in [-0.05, 0) is 43.5 Å². The zero-order valence-corrected chi connectivity index (χ0v) is 22.2. The molecule has 0 aliphatic carbocycles. The van der Waals surface area contributed by atoms with Gasteiger partial charge in [-0.3, -0.25) is 19.6 Å². The molecule has 3 heterocycles. The quantitative estimate of drug-likeness (QED) is 0.416. The number of ether oxygens (including phenoxy) is 2. The number of aromatic amines is 1. The number of carbonyl (C=O) groups is 2. The lowest BCUT2D eigenvalue weighted by Gasteiger charge is -2.33. The zero-order chi connectivity index (χ0) is 27.0. The molecular weight excluding hydrogens is 474 g/mol. The van der Waals surface area contributed by atoms with Crippen LogP contribution in [0.3, 0.4) is 0 Å². The number of methoxy groups -OCH3 is 1. The molecule has 1 aliphatic heterocycles. The van der Waals surface area contributed by atoms with E-state index in [0.717, 1.165) is 16.5 Å². The summed E-state index contributed by atoms with van der Waals surface area (Å²) in [4.78, 5) is 31.3. The van der Waals surface area contributed by atoms with E-state index in [0.29, 0.717) is 23.7 Å². The summed E-state index contributed by atoms with van der Waals surface area (Å²) in [6, 6.07) is 9.08. The molecule has 1 amide bonds. The third-order valence-corrected chi connectivity index (χ3v) is 6.75. The first-order valence-electron chi connectivity index (χ1n) is 12.4. The van der Waals surface area contributed by atoms with Crippen molar-refractivity contribution < 1.29 is 24.2 Å². The van der Waals surface area contributed by atoms with Crippen molar-refractivity contribution in [2.75, 3.05) is 25.5 Å². The summed E-state index contributed by atoms with van der Waals surface area (Å²) in [7, 11) is 1.50. The van der Waals surface area contributed by atoms with Gasteiger partial charge in [0.1, 0.15) is 5.69 Å². The number of rotatable bonds is 8. The van der Waals surface area contributed by atoms with E-state index in [2.05, 4.69) is 20.5 Å². The van der Waals surface area contributed by atoms with Crippen LogP contribution in [0.4, 0.5) is 5.69 Å². The largest absolute Gasteiger partial charge is 0.480 e. The van der Waals surface area contributed by atoms with Crippen molar-refractivity contribution >= 4 is 28.5 Å². The number of likely N-dealkylation sites (tertiary alicyclic amines) is 1. The normalized spacial score (nSPS) is 20.5. The van der Waals surface area contributed by atoms with Crippen molar-refractivity contribution in [1.82, 2.24) is 20.1 Å². The van der Waals surface area contributed by atoms with Gasteiger partial charge in [-0.15, -0.1) is 0 Å². The van der Waals surface area contributed by atoms with Crippen LogP contribution < -0.4 is 10.1 Å². The highest BCUT2D eigenvalue weighted by Gasteiger charge is 2.53. The Labute approximate surface area is 216 Å². The number of amides is 1. The molecule has 0 bridgehead atoms. The summed E-state index contributed by atoms with van der Waals surface area (Å²) >= 11 is 0. The molecule has 1 saturated heterocycles. The molecular formula is C27H35N5O5. The summed E-state index contributed by atoms with van der Waals surface area (Å²) in [6.45, 7) is 10.1. The van der Waals surface area contributed by atoms with Crippen molar-refractivity contribution in [3.63, 3.8) is 0 Å². The van der Waals surface area contributed by atoms with Crippen LogP contribution in [-0.4, -0.2) is 75.0 Å². The molecule has 4 rings (SSSR count). The number of anilines is 1. The summed E-state index contributed by atoms with van der Waals surface area (Å²) in [6.07, 6.45) is 2.13. The van der Waals surface area contributed by atoms with Crippen LogP contribution in [0.5, 0.6) is 5.88 Å². The molecule has 1 fully saturated rings. The minimum absolute atomic E-state index is 0.0286. The van der Waals surface area contributed by atoms with Crippen LogP contribution in [0, 0.1) is 5.41 Å². The molecule has 3 N–H and O–H groups in total. The van der Waals surface area contributed by atoms with Gasteiger partial charge in [0.15, 0.2) is 5.60 Å². The standard InChI is InChI=1S/C27H35N5O5/c1-16(2)37-22-10-7-17(13-28-22)24-19-11-18(8-9-20(19)30-31-24)29-25(35)27(36-6)12-21(26(3,4)5)32(15-27)14-23(33)34/h7-11,13,16,21H,12,14-15H2,1-6H3,(H,29,35)(H,30,31)(H,33,34). The van der Waals surface area contributed by atoms with Crippen molar-refractivity contribution in [3.05, 3.63) is 36.5 Å². The number of fused-ring (bicyclic) bond motifs is 1. The van der Waals surface area contributed by atoms with E-state index in [-0.39, 0.29) is 36.6 Å². The van der Waals surface area contributed by atoms with Gasteiger partial charge < -0.3 is 19.9 Å². The van der Waals surface area contributed by atoms with Crippen molar-refractivity contribution in [3.8, 4) is 17.1 Å². The molecule has 2 aromatic heterocycles. The Kier molecular flexibility index (Phi) is 7.25. The molecule has 1 aliphatic rings. The number of H-pyrrole nitrogens is 1. The first-order valence-corrected chi connectivity index (χ1v) is 12.4. The number of carbonyl (C=O) groups excluding carboxylic acids is 1. The molecule has 198 valence electrons. The van der Waals surface area contributed by atoms with E-state index in [4.69, 9.17) is 9.47 Å². The lowest BCUT2D eigenvalue weighted by atomic mass is 9.82. The Morgan fingerprint density at radius 3 is 2.62 bits per heavy atom. The van der Waals surface area contributed by atoms with Crippen LogP contribution in [0.15, 0.2) is 36.5 Å². The predicted molar refractivity (Wildman–Crippen MR) is 141 cm³/mol. The number of carboxylic acid groups (broad SMARTS) is 1. The highest BCUT2D eigenvalue weighted by molar-refractivity contribution is 6.01. The molecule has 0 spiro atoms. The van der Waals surface area contributed by atoms with Crippen molar-refractivity contribution in [1.29, 1.82) is 0 Å². The predicted octanol–water partition coefficient (Wildman–Crippen LogP) is 3.94. The highest BCUT2D eigenvalue weighted by atomic mass is 16.5. The second-order valence-electron chi connectivity index (χ2n) is 10.9. The average molecular weight is 510 g/mol. The van der Waals surface area contributed by atoms with Gasteiger partial charge in [-0.1, -0.05) is 20.8 Å². The molecule has 0 saturated carbocycles. The van der Waals surface area contributed by atoms with Crippen LogP contribution in [0.1, 0.15) is 41.0 Å². The fourth-order valence-corrected chi connectivity index (χ4v) is 4.93. The Balaban J connectivity index is 1.59. The summed E-state index contributed by atoms with van der Waals surface area (Å²) in [5, 5.41) is 20.7. The SMILES string of the molecule is COC1(C(=O)Nc2ccc3[nH]nc(-c4ccc(OC(C)C)nc4)c3c2)CC(C(C)(C)C)N(CC(=O)O)C1. The lowest BCUT2D eigenvalue weighted by Crippen LogP contribution is -2.47. The highest BCUT2D eigenvalue weighted by Crippen LogP contribution is 2.40. The summed E-state index contributed by atoms with van der Waals surface area (Å²) < 4.78 is 11.4. The minimum Gasteiger partial charge on any atom is -0.480 e. The molecule has 2 unspecified atom stereocenters. The molecule has 37 heavy (non-hydrogen) atoms. The number of carboxylic acids is 1. The van der Waals surface area contributed by atoms with E-state index in [1.54, 1.807) is 18.3 Å². The van der Waals surface area contributed by atoms with Gasteiger partial charge in [0.05, 0.1) is 18.2 Å². The number of hydrogen-bond donors (Lipinski definition) is 3. The maximum Gasteiger partial charge on any atom is 0.317 e. The third kappa shape index (κ3) is 5.60. The van der Waals surface area contributed by atoms with Gasteiger partial charge in [0, 0.05) is 55.0 Å². The van der Waals surface area contributed by atoms with Gasteiger partial charge in [-0.25, -0.2) is 4.98 Å². The average Bonchev–Trinajstić information content (AvgIpc) is 3.41. The molecule has 1 aromatic carbocycles. The maximum absolute atomic E-state index is 13.6. The molecule has 0 radical (unpaired) electrons. The number of pyridine rings is 1. The molecule has 10 heteroatoms. The first kappa shape index (κ1) is 26.6. The lowest BCUT2D eigenvalue weighted by molar-refractivity contribution is -0.141. The van der Waals surface area contributed by atoms with E-state index in [1.165, 1.54) is 7.11 Å². The van der Waals surface area contributed by atoms with Crippen LogP contribution in [0.2, 0.25) is 0 Å². The van der Waals surface area contributed by atoms with E-state index in [1.807, 2.05) is 57.7 Å². The Bertz CT molecular complexity index is 1280. The first-order chi connectivity index (χ1) is 17.4. The minimum atomic E-state index is -1.17. The third-order valence-electron chi connectivity index (χ3n) is 6.75. The van der Waals surface area contributed by atoms with Gasteiger partial charge >= 0.3 is 5.97 Å². The van der Waals surface area contributed by atoms with Gasteiger partial charge in [-0.2, -0.15) is 5.10 Å². The van der Waals surface area contributed by atoms with Gasteiger partial charge in [0.25, 0.3) is 5.91 Å². The topological polar surface area (TPSA) is 130 Å². The number of hydrogen-bond acceptors (Lipinski definition) is 7. The maximum atomic E-state index is 13.6. The molecule has 2 atom stereocenters. The number of nitrogens with one attached hydrogen (secondary N) is 2. The van der Waals surface area contributed by atoms with Gasteiger partial charge in [0.2, 0.25) is 5.88 Å². The number of benzene rings is 1. The number of aliphatic carboxylic acids is 1. The van der Waals surface area contributed by atoms with Crippen LogP contribution in [0.25, 0.3) is 22.2 Å². The smallest absolute Gasteiger partial charge is 0.317 e. The number of nitrogens with zero attached hydrogens (tertiary/aromatic N) is 3. The Hall–Kier alpha value is -3.50. The number of aromatic nitrogens is 3.